The number of carbonyl (C=O) groups is 1. The number of likely N-dealkylation sites (tertiary alicyclic amines) is 1. The van der Waals surface area contributed by atoms with E-state index in [1.165, 1.54) is 6.42 Å². The Labute approximate surface area is 148 Å². The van der Waals surface area contributed by atoms with Crippen LogP contribution in [0.2, 0.25) is 0 Å². The van der Waals surface area contributed by atoms with Crippen LogP contribution in [0, 0.1) is 5.92 Å². The van der Waals surface area contributed by atoms with Gasteiger partial charge in [-0.1, -0.05) is 0 Å². The van der Waals surface area contributed by atoms with E-state index in [1.54, 1.807) is 11.8 Å². The number of fused-ring (bicyclic) bond motifs is 1. The number of rotatable bonds is 6. The normalized spacial score (nSPS) is 20.0. The molecule has 0 radical (unpaired) electrons. The zero-order valence-electron chi connectivity index (χ0n) is 14.3. The van der Waals surface area contributed by atoms with Crippen molar-refractivity contribution in [2.45, 2.75) is 24.2 Å². The molecule has 0 aromatic heterocycles. The molecule has 1 atom stereocenters. The van der Waals surface area contributed by atoms with Crippen LogP contribution in [-0.2, 0) is 4.79 Å². The van der Waals surface area contributed by atoms with Gasteiger partial charge >= 0.3 is 0 Å². The lowest BCUT2D eigenvalue weighted by Gasteiger charge is -2.32. The largest absolute Gasteiger partial charge is 0.486 e. The molecule has 1 unspecified atom stereocenters. The standard InChI is InChI=1S/C18H26N2O3S/c1-19-12-14-3-2-7-20(13-14)18(21)6-10-24-15-4-5-16-17(11-15)23-9-8-22-16/h4-5,11,14,19H,2-3,6-10,12-13H2,1H3. The second-order valence-corrected chi connectivity index (χ2v) is 7.48. The number of thioether (sulfide) groups is 1. The third-order valence-electron chi connectivity index (χ3n) is 4.46. The number of hydrogen-bond acceptors (Lipinski definition) is 5. The van der Waals surface area contributed by atoms with Gasteiger partial charge < -0.3 is 19.7 Å². The van der Waals surface area contributed by atoms with E-state index in [9.17, 15) is 4.79 Å². The molecule has 1 saturated heterocycles. The number of carbonyl (C=O) groups excluding carboxylic acids is 1. The summed E-state index contributed by atoms with van der Waals surface area (Å²) in [5, 5.41) is 3.22. The number of benzene rings is 1. The molecule has 3 rings (SSSR count). The summed E-state index contributed by atoms with van der Waals surface area (Å²) in [5.41, 5.74) is 0. The molecule has 2 aliphatic rings. The van der Waals surface area contributed by atoms with Gasteiger partial charge in [-0.3, -0.25) is 4.79 Å². The van der Waals surface area contributed by atoms with Crippen molar-refractivity contribution in [3.63, 3.8) is 0 Å². The van der Waals surface area contributed by atoms with E-state index >= 15 is 0 Å². The van der Waals surface area contributed by atoms with Crippen molar-refractivity contribution >= 4 is 17.7 Å². The third kappa shape index (κ3) is 4.57. The van der Waals surface area contributed by atoms with Crippen LogP contribution in [-0.4, -0.2) is 56.5 Å². The van der Waals surface area contributed by atoms with E-state index in [0.29, 0.717) is 25.6 Å². The van der Waals surface area contributed by atoms with E-state index in [4.69, 9.17) is 9.47 Å². The Morgan fingerprint density at radius 3 is 3.00 bits per heavy atom. The summed E-state index contributed by atoms with van der Waals surface area (Å²) < 4.78 is 11.1. The Balaban J connectivity index is 1.45. The fraction of sp³-hybridized carbons (Fsp3) is 0.611. The summed E-state index contributed by atoms with van der Waals surface area (Å²) in [7, 11) is 1.98. The highest BCUT2D eigenvalue weighted by molar-refractivity contribution is 7.99. The molecule has 1 N–H and O–H groups in total. The minimum absolute atomic E-state index is 0.279. The first-order valence-corrected chi connectivity index (χ1v) is 9.69. The highest BCUT2D eigenvalue weighted by Gasteiger charge is 2.22. The van der Waals surface area contributed by atoms with Crippen molar-refractivity contribution in [3.8, 4) is 11.5 Å². The average Bonchev–Trinajstić information content (AvgIpc) is 2.62. The highest BCUT2D eigenvalue weighted by Crippen LogP contribution is 2.34. The van der Waals surface area contributed by atoms with Gasteiger partial charge in [-0.2, -0.15) is 0 Å². The molecule has 5 nitrogen and oxygen atoms in total. The first-order chi connectivity index (χ1) is 11.8. The summed E-state index contributed by atoms with van der Waals surface area (Å²) in [6, 6.07) is 5.99. The summed E-state index contributed by atoms with van der Waals surface area (Å²) in [4.78, 5) is 15.6. The van der Waals surface area contributed by atoms with Crippen LogP contribution in [0.5, 0.6) is 11.5 Å². The lowest BCUT2D eigenvalue weighted by molar-refractivity contribution is -0.132. The molecule has 132 valence electrons. The molecule has 0 spiro atoms. The van der Waals surface area contributed by atoms with Gasteiger partial charge in [0.15, 0.2) is 11.5 Å². The second kappa shape index (κ2) is 8.62. The molecule has 1 fully saturated rings. The quantitative estimate of drug-likeness (QED) is 0.799. The number of amides is 1. The molecule has 0 saturated carbocycles. The van der Waals surface area contributed by atoms with Gasteiger partial charge in [0, 0.05) is 30.2 Å². The SMILES string of the molecule is CNCC1CCCN(C(=O)CCSc2ccc3c(c2)OCCO3)C1. The van der Waals surface area contributed by atoms with Crippen LogP contribution in [0.1, 0.15) is 19.3 Å². The molecule has 2 heterocycles. The van der Waals surface area contributed by atoms with Crippen LogP contribution in [0.15, 0.2) is 23.1 Å². The van der Waals surface area contributed by atoms with Gasteiger partial charge in [0.1, 0.15) is 13.2 Å². The fourth-order valence-corrected chi connectivity index (χ4v) is 4.14. The molecule has 0 bridgehead atoms. The summed E-state index contributed by atoms with van der Waals surface area (Å²) in [6.07, 6.45) is 2.93. The van der Waals surface area contributed by atoms with Crippen molar-refractivity contribution in [1.29, 1.82) is 0 Å². The molecular formula is C18H26N2O3S. The Kier molecular flexibility index (Phi) is 6.26. The average molecular weight is 350 g/mol. The maximum Gasteiger partial charge on any atom is 0.223 e. The van der Waals surface area contributed by atoms with Crippen LogP contribution >= 0.6 is 11.8 Å². The predicted molar refractivity (Wildman–Crippen MR) is 96.0 cm³/mol. The highest BCUT2D eigenvalue weighted by atomic mass is 32.2. The summed E-state index contributed by atoms with van der Waals surface area (Å²) >= 11 is 1.70. The number of hydrogen-bond donors (Lipinski definition) is 1. The van der Waals surface area contributed by atoms with Gasteiger partial charge in [0.25, 0.3) is 0 Å². The number of nitrogens with zero attached hydrogens (tertiary/aromatic N) is 1. The molecule has 6 heteroatoms. The molecule has 1 aromatic carbocycles. The lowest BCUT2D eigenvalue weighted by Crippen LogP contribution is -2.42. The zero-order valence-corrected chi connectivity index (χ0v) is 15.1. The van der Waals surface area contributed by atoms with E-state index in [0.717, 1.165) is 48.2 Å². The Bertz CT molecular complexity index is 565. The van der Waals surface area contributed by atoms with Gasteiger partial charge in [0.05, 0.1) is 0 Å². The third-order valence-corrected chi connectivity index (χ3v) is 5.46. The van der Waals surface area contributed by atoms with E-state index in [2.05, 4.69) is 5.32 Å². The Hall–Kier alpha value is -1.40. The summed E-state index contributed by atoms with van der Waals surface area (Å²) in [6.45, 7) is 4.01. The molecule has 2 aliphatic heterocycles. The number of nitrogens with one attached hydrogen (secondary N) is 1. The molecule has 24 heavy (non-hydrogen) atoms. The van der Waals surface area contributed by atoms with Crippen LogP contribution < -0.4 is 14.8 Å². The molecule has 0 aliphatic carbocycles. The van der Waals surface area contributed by atoms with Gasteiger partial charge in [-0.05, 0) is 50.6 Å². The van der Waals surface area contributed by atoms with Crippen LogP contribution in [0.25, 0.3) is 0 Å². The fourth-order valence-electron chi connectivity index (χ4n) is 3.27. The lowest BCUT2D eigenvalue weighted by atomic mass is 9.98. The molecule has 1 amide bonds. The molecular weight excluding hydrogens is 324 g/mol. The van der Waals surface area contributed by atoms with Crippen LogP contribution in [0.4, 0.5) is 0 Å². The molecule has 1 aromatic rings. The second-order valence-electron chi connectivity index (χ2n) is 6.31. The topological polar surface area (TPSA) is 50.8 Å². The predicted octanol–water partition coefficient (Wildman–Crippen LogP) is 2.40. The van der Waals surface area contributed by atoms with E-state index in [-0.39, 0.29) is 5.91 Å². The van der Waals surface area contributed by atoms with Crippen molar-refractivity contribution < 1.29 is 14.3 Å². The number of ether oxygens (including phenoxy) is 2. The Morgan fingerprint density at radius 2 is 2.17 bits per heavy atom. The Morgan fingerprint density at radius 1 is 1.33 bits per heavy atom. The van der Waals surface area contributed by atoms with E-state index < -0.39 is 0 Å². The first kappa shape index (κ1) is 17.4. The maximum atomic E-state index is 12.4. The smallest absolute Gasteiger partial charge is 0.223 e. The van der Waals surface area contributed by atoms with Crippen molar-refractivity contribution in [3.05, 3.63) is 18.2 Å². The van der Waals surface area contributed by atoms with Gasteiger partial charge in [-0.25, -0.2) is 0 Å². The van der Waals surface area contributed by atoms with E-state index in [1.807, 2.05) is 30.1 Å². The first-order valence-electron chi connectivity index (χ1n) is 8.71. The van der Waals surface area contributed by atoms with Gasteiger partial charge in [-0.15, -0.1) is 11.8 Å². The number of piperidine rings is 1. The minimum atomic E-state index is 0.279. The monoisotopic (exact) mass is 350 g/mol. The van der Waals surface area contributed by atoms with Gasteiger partial charge in [0.2, 0.25) is 5.91 Å². The van der Waals surface area contributed by atoms with Crippen molar-refractivity contribution in [2.75, 3.05) is 45.6 Å². The van der Waals surface area contributed by atoms with Crippen LogP contribution in [0.3, 0.4) is 0 Å². The summed E-state index contributed by atoms with van der Waals surface area (Å²) in [5.74, 6) is 3.29. The maximum absolute atomic E-state index is 12.4. The zero-order chi connectivity index (χ0) is 16.8. The van der Waals surface area contributed by atoms with Crippen molar-refractivity contribution in [1.82, 2.24) is 10.2 Å². The minimum Gasteiger partial charge on any atom is -0.486 e. The van der Waals surface area contributed by atoms with Crippen molar-refractivity contribution in [2.24, 2.45) is 5.92 Å².